The summed E-state index contributed by atoms with van der Waals surface area (Å²) in [6.07, 6.45) is 2.68. The highest BCUT2D eigenvalue weighted by molar-refractivity contribution is 9.10. The van der Waals surface area contributed by atoms with E-state index >= 15 is 0 Å². The van der Waals surface area contributed by atoms with E-state index in [1.54, 1.807) is 6.20 Å². The fourth-order valence-corrected chi connectivity index (χ4v) is 2.65. The highest BCUT2D eigenvalue weighted by atomic mass is 79.9. The van der Waals surface area contributed by atoms with E-state index < -0.39 is 0 Å². The second-order valence-corrected chi connectivity index (χ2v) is 5.77. The van der Waals surface area contributed by atoms with Crippen molar-refractivity contribution in [3.05, 3.63) is 52.1 Å². The maximum Gasteiger partial charge on any atom is 0.202 e. The Kier molecular flexibility index (Phi) is 3.44. The predicted octanol–water partition coefficient (Wildman–Crippen LogP) is 3.33. The molecule has 0 amide bonds. The molecule has 3 aromatic rings. The van der Waals surface area contributed by atoms with Gasteiger partial charge in [-0.2, -0.15) is 0 Å². The summed E-state index contributed by atoms with van der Waals surface area (Å²) in [5.74, 6) is 0.512. The van der Waals surface area contributed by atoms with E-state index in [-0.39, 0.29) is 0 Å². The summed E-state index contributed by atoms with van der Waals surface area (Å²) in [5.41, 5.74) is 10.2. The van der Waals surface area contributed by atoms with Gasteiger partial charge < -0.3 is 5.73 Å². The molecule has 0 fully saturated rings. The van der Waals surface area contributed by atoms with Crippen LogP contribution in [0.25, 0.3) is 11.2 Å². The molecule has 2 N–H and O–H groups in total. The van der Waals surface area contributed by atoms with Crippen LogP contribution in [0, 0.1) is 6.92 Å². The molecule has 0 unspecified atom stereocenters. The van der Waals surface area contributed by atoms with Crippen LogP contribution in [0.1, 0.15) is 11.1 Å². The molecule has 4 nitrogen and oxygen atoms in total. The first-order valence-electron chi connectivity index (χ1n) is 6.46. The van der Waals surface area contributed by atoms with Crippen molar-refractivity contribution in [2.45, 2.75) is 19.9 Å². The Hall–Kier alpha value is -1.88. The maximum absolute atomic E-state index is 5.99. The topological polar surface area (TPSA) is 56.7 Å². The molecule has 2 aromatic heterocycles. The number of anilines is 1. The first-order chi connectivity index (χ1) is 9.63. The summed E-state index contributed by atoms with van der Waals surface area (Å²) in [4.78, 5) is 8.76. The van der Waals surface area contributed by atoms with E-state index in [2.05, 4.69) is 57.1 Å². The molecular formula is C15H15BrN4. The largest absolute Gasteiger partial charge is 0.369 e. The number of aromatic nitrogens is 3. The van der Waals surface area contributed by atoms with E-state index in [1.165, 1.54) is 11.1 Å². The van der Waals surface area contributed by atoms with Gasteiger partial charge >= 0.3 is 0 Å². The summed E-state index contributed by atoms with van der Waals surface area (Å²) in [6, 6.07) is 10.4. The van der Waals surface area contributed by atoms with Gasteiger partial charge in [0.2, 0.25) is 5.95 Å². The molecule has 0 spiro atoms. The average molecular weight is 331 g/mol. The van der Waals surface area contributed by atoms with E-state index in [4.69, 9.17) is 5.73 Å². The Morgan fingerprint density at radius 3 is 2.95 bits per heavy atom. The van der Waals surface area contributed by atoms with Crippen LogP contribution in [0.15, 0.2) is 41.0 Å². The minimum absolute atomic E-state index is 0.512. The zero-order chi connectivity index (χ0) is 14.1. The third-order valence-corrected chi connectivity index (χ3v) is 3.72. The van der Waals surface area contributed by atoms with Crippen LogP contribution in [-0.2, 0) is 13.0 Å². The molecule has 1 aromatic carbocycles. The number of hydrogen-bond acceptors (Lipinski definition) is 3. The number of aryl methyl sites for hydroxylation is 3. The lowest BCUT2D eigenvalue weighted by Crippen LogP contribution is -2.06. The van der Waals surface area contributed by atoms with Crippen LogP contribution in [0.3, 0.4) is 0 Å². The van der Waals surface area contributed by atoms with E-state index in [9.17, 15) is 0 Å². The number of hydrogen-bond donors (Lipinski definition) is 1. The maximum atomic E-state index is 5.99. The van der Waals surface area contributed by atoms with Crippen LogP contribution in [0.5, 0.6) is 0 Å². The third kappa shape index (κ3) is 2.54. The van der Waals surface area contributed by atoms with Gasteiger partial charge in [-0.1, -0.05) is 29.8 Å². The number of nitrogens with two attached hydrogens (primary N) is 1. The summed E-state index contributed by atoms with van der Waals surface area (Å²) in [7, 11) is 0. The SMILES string of the molecule is Cc1cccc(CCn2c(N)nc3cc(Br)cnc32)c1. The highest BCUT2D eigenvalue weighted by Crippen LogP contribution is 2.20. The molecule has 0 atom stereocenters. The van der Waals surface area contributed by atoms with Crippen molar-refractivity contribution in [1.82, 2.24) is 14.5 Å². The minimum Gasteiger partial charge on any atom is -0.369 e. The lowest BCUT2D eigenvalue weighted by atomic mass is 10.1. The van der Waals surface area contributed by atoms with Crippen molar-refractivity contribution < 1.29 is 0 Å². The Labute approximate surface area is 125 Å². The fourth-order valence-electron chi connectivity index (χ4n) is 2.33. The Bertz CT molecular complexity index is 764. The number of pyridine rings is 1. The van der Waals surface area contributed by atoms with Gasteiger partial charge in [-0.05, 0) is 40.9 Å². The summed E-state index contributed by atoms with van der Waals surface area (Å²) in [6.45, 7) is 2.88. The van der Waals surface area contributed by atoms with Crippen LogP contribution in [0.2, 0.25) is 0 Å². The lowest BCUT2D eigenvalue weighted by Gasteiger charge is -2.06. The number of halogens is 1. The fraction of sp³-hybridized carbons (Fsp3) is 0.200. The second kappa shape index (κ2) is 5.25. The molecule has 0 aliphatic heterocycles. The molecule has 0 bridgehead atoms. The van der Waals surface area contributed by atoms with Crippen molar-refractivity contribution in [2.75, 3.05) is 5.73 Å². The van der Waals surface area contributed by atoms with Crippen LogP contribution >= 0.6 is 15.9 Å². The molecule has 0 radical (unpaired) electrons. The van der Waals surface area contributed by atoms with Gasteiger partial charge in [0.25, 0.3) is 0 Å². The molecule has 0 aliphatic rings. The van der Waals surface area contributed by atoms with Gasteiger partial charge in [0.1, 0.15) is 5.52 Å². The van der Waals surface area contributed by atoms with Gasteiger partial charge in [-0.15, -0.1) is 0 Å². The van der Waals surface area contributed by atoms with Crippen LogP contribution in [-0.4, -0.2) is 14.5 Å². The number of imidazole rings is 1. The Morgan fingerprint density at radius 2 is 2.15 bits per heavy atom. The quantitative estimate of drug-likeness (QED) is 0.801. The Balaban J connectivity index is 1.89. The minimum atomic E-state index is 0.512. The molecule has 0 saturated heterocycles. The first kappa shape index (κ1) is 13.1. The normalized spacial score (nSPS) is 11.1. The van der Waals surface area contributed by atoms with Crippen LogP contribution < -0.4 is 5.73 Å². The Morgan fingerprint density at radius 1 is 1.30 bits per heavy atom. The van der Waals surface area contributed by atoms with Gasteiger partial charge in [0, 0.05) is 17.2 Å². The smallest absolute Gasteiger partial charge is 0.202 e. The predicted molar refractivity (Wildman–Crippen MR) is 84.5 cm³/mol. The van der Waals surface area contributed by atoms with Crippen LogP contribution in [0.4, 0.5) is 5.95 Å². The van der Waals surface area contributed by atoms with Crippen molar-refractivity contribution in [2.24, 2.45) is 0 Å². The number of fused-ring (bicyclic) bond motifs is 1. The van der Waals surface area contributed by atoms with Crippen molar-refractivity contribution in [3.8, 4) is 0 Å². The molecule has 5 heteroatoms. The number of nitrogens with zero attached hydrogens (tertiary/aromatic N) is 3. The molecule has 2 heterocycles. The zero-order valence-electron chi connectivity index (χ0n) is 11.2. The third-order valence-electron chi connectivity index (χ3n) is 3.29. The van der Waals surface area contributed by atoms with Crippen molar-refractivity contribution >= 4 is 33.0 Å². The number of benzene rings is 1. The molecule has 102 valence electrons. The van der Waals surface area contributed by atoms with Crippen molar-refractivity contribution in [3.63, 3.8) is 0 Å². The molecule has 20 heavy (non-hydrogen) atoms. The van der Waals surface area contributed by atoms with E-state index in [0.29, 0.717) is 5.95 Å². The van der Waals surface area contributed by atoms with E-state index in [0.717, 1.165) is 28.6 Å². The molecule has 0 saturated carbocycles. The number of nitrogen functional groups attached to an aromatic ring is 1. The summed E-state index contributed by atoms with van der Waals surface area (Å²) in [5, 5.41) is 0. The van der Waals surface area contributed by atoms with Gasteiger partial charge in [-0.3, -0.25) is 4.57 Å². The zero-order valence-corrected chi connectivity index (χ0v) is 12.8. The molecular weight excluding hydrogens is 316 g/mol. The highest BCUT2D eigenvalue weighted by Gasteiger charge is 2.09. The molecule has 0 aliphatic carbocycles. The first-order valence-corrected chi connectivity index (χ1v) is 7.25. The van der Waals surface area contributed by atoms with Crippen molar-refractivity contribution in [1.29, 1.82) is 0 Å². The molecule has 3 rings (SSSR count). The standard InChI is InChI=1S/C15H15BrN4/c1-10-3-2-4-11(7-10)5-6-20-14-13(19-15(20)17)8-12(16)9-18-14/h2-4,7-9H,5-6H2,1H3,(H2,17,19). The van der Waals surface area contributed by atoms with Gasteiger partial charge in [0.05, 0.1) is 0 Å². The van der Waals surface area contributed by atoms with Gasteiger partial charge in [0.15, 0.2) is 5.65 Å². The monoisotopic (exact) mass is 330 g/mol. The summed E-state index contributed by atoms with van der Waals surface area (Å²) >= 11 is 3.40. The lowest BCUT2D eigenvalue weighted by molar-refractivity contribution is 0.719. The second-order valence-electron chi connectivity index (χ2n) is 4.86. The number of rotatable bonds is 3. The summed E-state index contributed by atoms with van der Waals surface area (Å²) < 4.78 is 2.87. The average Bonchev–Trinajstić information content (AvgIpc) is 2.71. The van der Waals surface area contributed by atoms with Gasteiger partial charge in [-0.25, -0.2) is 9.97 Å². The van der Waals surface area contributed by atoms with E-state index in [1.807, 2.05) is 10.6 Å².